The van der Waals surface area contributed by atoms with Gasteiger partial charge in [-0.25, -0.2) is 4.98 Å². The third-order valence-electron chi connectivity index (χ3n) is 5.20. The SMILES string of the molecule is Cc1cc(N(C)C)ccc1NC(=O)c1cc(C2CC2)nc2c1c(C)nn2C. The molecule has 2 aromatic heterocycles. The summed E-state index contributed by atoms with van der Waals surface area (Å²) in [6.45, 7) is 3.93. The molecule has 0 aliphatic heterocycles. The molecule has 1 fully saturated rings. The molecule has 2 heterocycles. The standard InChI is InChI=1S/C21H25N5O/c1-12-10-15(25(3)4)8-9-17(12)23-21(27)16-11-18(14-6-7-14)22-20-19(16)13(2)24-26(20)5/h8-11,14H,6-7H2,1-5H3,(H,23,27). The van der Waals surface area contributed by atoms with Gasteiger partial charge >= 0.3 is 0 Å². The summed E-state index contributed by atoms with van der Waals surface area (Å²) in [5.74, 6) is 0.360. The number of benzene rings is 1. The maximum absolute atomic E-state index is 13.2. The number of fused-ring (bicyclic) bond motifs is 1. The zero-order valence-corrected chi connectivity index (χ0v) is 16.5. The Bertz CT molecular complexity index is 1050. The highest BCUT2D eigenvalue weighted by Gasteiger charge is 2.28. The van der Waals surface area contributed by atoms with Crippen molar-refractivity contribution in [3.63, 3.8) is 0 Å². The van der Waals surface area contributed by atoms with Crippen molar-refractivity contribution in [2.45, 2.75) is 32.6 Å². The third kappa shape index (κ3) is 3.16. The molecule has 4 rings (SSSR count). The van der Waals surface area contributed by atoms with E-state index < -0.39 is 0 Å². The molecule has 0 radical (unpaired) electrons. The quantitative estimate of drug-likeness (QED) is 0.766. The number of carbonyl (C=O) groups excluding carboxylic acids is 1. The zero-order chi connectivity index (χ0) is 19.3. The molecule has 140 valence electrons. The van der Waals surface area contributed by atoms with Crippen molar-refractivity contribution in [2.75, 3.05) is 24.3 Å². The number of aryl methyl sites for hydroxylation is 3. The smallest absolute Gasteiger partial charge is 0.256 e. The summed E-state index contributed by atoms with van der Waals surface area (Å²) in [6, 6.07) is 7.99. The van der Waals surface area contributed by atoms with E-state index in [4.69, 9.17) is 4.98 Å². The van der Waals surface area contributed by atoms with Crippen LogP contribution in [0.5, 0.6) is 0 Å². The second-order valence-corrected chi connectivity index (χ2v) is 7.62. The van der Waals surface area contributed by atoms with E-state index in [2.05, 4.69) is 16.5 Å². The lowest BCUT2D eigenvalue weighted by Gasteiger charge is -2.16. The van der Waals surface area contributed by atoms with Gasteiger partial charge in [-0.2, -0.15) is 5.10 Å². The van der Waals surface area contributed by atoms with E-state index in [9.17, 15) is 4.79 Å². The fourth-order valence-electron chi connectivity index (χ4n) is 3.49. The molecule has 1 amide bonds. The normalized spacial score (nSPS) is 13.8. The predicted molar refractivity (Wildman–Crippen MR) is 109 cm³/mol. The first kappa shape index (κ1) is 17.5. The summed E-state index contributed by atoms with van der Waals surface area (Å²) in [4.78, 5) is 20.0. The number of aromatic nitrogens is 3. The van der Waals surface area contributed by atoms with Crippen LogP contribution in [-0.2, 0) is 7.05 Å². The highest BCUT2D eigenvalue weighted by molar-refractivity contribution is 6.13. The van der Waals surface area contributed by atoms with E-state index >= 15 is 0 Å². The second-order valence-electron chi connectivity index (χ2n) is 7.62. The Labute approximate surface area is 159 Å². The Kier molecular flexibility index (Phi) is 4.13. The van der Waals surface area contributed by atoms with Crippen molar-refractivity contribution >= 4 is 28.3 Å². The van der Waals surface area contributed by atoms with Crippen molar-refractivity contribution in [3.05, 3.63) is 46.8 Å². The van der Waals surface area contributed by atoms with Gasteiger partial charge in [0.2, 0.25) is 0 Å². The van der Waals surface area contributed by atoms with Gasteiger partial charge in [-0.3, -0.25) is 9.48 Å². The summed E-state index contributed by atoms with van der Waals surface area (Å²) in [6.07, 6.45) is 2.28. The molecular formula is C21H25N5O. The lowest BCUT2D eigenvalue weighted by atomic mass is 10.1. The zero-order valence-electron chi connectivity index (χ0n) is 16.5. The molecule has 0 atom stereocenters. The second kappa shape index (κ2) is 6.37. The molecule has 6 nitrogen and oxygen atoms in total. The number of anilines is 2. The van der Waals surface area contributed by atoms with Crippen LogP contribution in [-0.4, -0.2) is 34.8 Å². The van der Waals surface area contributed by atoms with Crippen LogP contribution < -0.4 is 10.2 Å². The topological polar surface area (TPSA) is 63.1 Å². The number of pyridine rings is 1. The van der Waals surface area contributed by atoms with Crippen molar-refractivity contribution in [2.24, 2.45) is 7.05 Å². The molecule has 0 spiro atoms. The molecule has 6 heteroatoms. The molecule has 0 saturated heterocycles. The van der Waals surface area contributed by atoms with Gasteiger partial charge in [0.05, 0.1) is 16.6 Å². The van der Waals surface area contributed by atoms with Crippen molar-refractivity contribution in [1.29, 1.82) is 0 Å². The van der Waals surface area contributed by atoms with Gasteiger partial charge in [0.25, 0.3) is 5.91 Å². The maximum atomic E-state index is 13.2. The minimum Gasteiger partial charge on any atom is -0.378 e. The van der Waals surface area contributed by atoms with Crippen LogP contribution in [0.3, 0.4) is 0 Å². The van der Waals surface area contributed by atoms with Gasteiger partial charge in [0, 0.05) is 44.1 Å². The van der Waals surface area contributed by atoms with Gasteiger partial charge in [-0.1, -0.05) is 0 Å². The number of nitrogens with one attached hydrogen (secondary N) is 1. The van der Waals surface area contributed by atoms with E-state index in [1.54, 1.807) is 4.68 Å². The summed E-state index contributed by atoms with van der Waals surface area (Å²) >= 11 is 0. The molecule has 1 saturated carbocycles. The number of hydrogen-bond donors (Lipinski definition) is 1. The summed E-state index contributed by atoms with van der Waals surface area (Å²) in [7, 11) is 5.89. The molecule has 1 aromatic carbocycles. The monoisotopic (exact) mass is 363 g/mol. The number of rotatable bonds is 4. The van der Waals surface area contributed by atoms with Gasteiger partial charge in [-0.05, 0) is 56.5 Å². The van der Waals surface area contributed by atoms with Crippen LogP contribution in [0.1, 0.15) is 46.1 Å². The number of nitrogens with zero attached hydrogens (tertiary/aromatic N) is 4. The van der Waals surface area contributed by atoms with Crippen LogP contribution >= 0.6 is 0 Å². The molecule has 1 aliphatic rings. The Morgan fingerprint density at radius 3 is 2.59 bits per heavy atom. The average Bonchev–Trinajstić information content (AvgIpc) is 3.43. The fraction of sp³-hybridized carbons (Fsp3) is 0.381. The number of carbonyl (C=O) groups is 1. The van der Waals surface area contributed by atoms with E-state index in [0.29, 0.717) is 11.5 Å². The first-order valence-corrected chi connectivity index (χ1v) is 9.28. The number of amides is 1. The maximum Gasteiger partial charge on any atom is 0.256 e. The Morgan fingerprint density at radius 1 is 1.22 bits per heavy atom. The Hall–Kier alpha value is -2.89. The van der Waals surface area contributed by atoms with Gasteiger partial charge in [0.1, 0.15) is 0 Å². The molecule has 1 aliphatic carbocycles. The van der Waals surface area contributed by atoms with Crippen molar-refractivity contribution < 1.29 is 4.79 Å². The van der Waals surface area contributed by atoms with Crippen molar-refractivity contribution in [1.82, 2.24) is 14.8 Å². The van der Waals surface area contributed by atoms with Crippen LogP contribution in [0, 0.1) is 13.8 Å². The van der Waals surface area contributed by atoms with E-state index in [0.717, 1.165) is 52.2 Å². The first-order chi connectivity index (χ1) is 12.8. The molecule has 0 unspecified atom stereocenters. The summed E-state index contributed by atoms with van der Waals surface area (Å²) in [5, 5.41) is 8.40. The van der Waals surface area contributed by atoms with Crippen LogP contribution in [0.4, 0.5) is 11.4 Å². The highest BCUT2D eigenvalue weighted by Crippen LogP contribution is 2.40. The average molecular weight is 363 g/mol. The highest BCUT2D eigenvalue weighted by atomic mass is 16.1. The largest absolute Gasteiger partial charge is 0.378 e. The van der Waals surface area contributed by atoms with E-state index in [-0.39, 0.29) is 5.91 Å². The van der Waals surface area contributed by atoms with Crippen LogP contribution in [0.15, 0.2) is 24.3 Å². The van der Waals surface area contributed by atoms with Gasteiger partial charge in [0.15, 0.2) is 5.65 Å². The Morgan fingerprint density at radius 2 is 1.96 bits per heavy atom. The van der Waals surface area contributed by atoms with E-state index in [1.807, 2.05) is 58.1 Å². The van der Waals surface area contributed by atoms with Gasteiger partial charge in [-0.15, -0.1) is 0 Å². The molecule has 3 aromatic rings. The van der Waals surface area contributed by atoms with Crippen LogP contribution in [0.2, 0.25) is 0 Å². The minimum absolute atomic E-state index is 0.110. The van der Waals surface area contributed by atoms with Crippen LogP contribution in [0.25, 0.3) is 11.0 Å². The molecular weight excluding hydrogens is 338 g/mol. The Balaban J connectivity index is 1.74. The van der Waals surface area contributed by atoms with E-state index in [1.165, 1.54) is 0 Å². The minimum atomic E-state index is -0.110. The van der Waals surface area contributed by atoms with Gasteiger partial charge < -0.3 is 10.2 Å². The summed E-state index contributed by atoms with van der Waals surface area (Å²) in [5.41, 5.74) is 6.22. The fourth-order valence-corrected chi connectivity index (χ4v) is 3.49. The van der Waals surface area contributed by atoms with Crippen molar-refractivity contribution in [3.8, 4) is 0 Å². The first-order valence-electron chi connectivity index (χ1n) is 9.28. The number of hydrogen-bond acceptors (Lipinski definition) is 4. The third-order valence-corrected chi connectivity index (χ3v) is 5.20. The summed E-state index contributed by atoms with van der Waals surface area (Å²) < 4.78 is 1.77. The molecule has 27 heavy (non-hydrogen) atoms. The molecule has 0 bridgehead atoms. The molecule has 1 N–H and O–H groups in total. The lowest BCUT2D eigenvalue weighted by molar-refractivity contribution is 0.102. The predicted octanol–water partition coefficient (Wildman–Crippen LogP) is 3.78. The lowest BCUT2D eigenvalue weighted by Crippen LogP contribution is -2.15.